The highest BCUT2D eigenvalue weighted by atomic mass is 14.9. The van der Waals surface area contributed by atoms with Crippen LogP contribution in [0.25, 0.3) is 0 Å². The minimum Gasteiger partial charge on any atom is -0.316 e. The van der Waals surface area contributed by atoms with E-state index in [2.05, 4.69) is 57.3 Å². The van der Waals surface area contributed by atoms with Gasteiger partial charge in [-0.15, -0.1) is 0 Å². The van der Waals surface area contributed by atoms with Gasteiger partial charge in [-0.1, -0.05) is 50.6 Å². The van der Waals surface area contributed by atoms with Gasteiger partial charge in [0.05, 0.1) is 0 Å². The van der Waals surface area contributed by atoms with E-state index in [1.807, 2.05) is 0 Å². The summed E-state index contributed by atoms with van der Waals surface area (Å²) in [7, 11) is 0. The molecule has 21 heavy (non-hydrogen) atoms. The fourth-order valence-corrected chi connectivity index (χ4v) is 5.60. The topological polar surface area (TPSA) is 12.0 Å². The zero-order chi connectivity index (χ0) is 15.1. The number of benzene rings is 1. The predicted octanol–water partition coefficient (Wildman–Crippen LogP) is 4.90. The Morgan fingerprint density at radius 3 is 2.71 bits per heavy atom. The molecule has 2 fully saturated rings. The SMILES string of the molecule is Cc1cccc(C2CNCCC23CC(C)CC(C)(C)C3)c1. The maximum atomic E-state index is 3.67. The van der Waals surface area contributed by atoms with Crippen molar-refractivity contribution in [2.75, 3.05) is 13.1 Å². The Bertz CT molecular complexity index is 504. The van der Waals surface area contributed by atoms with Crippen LogP contribution in [0.5, 0.6) is 0 Å². The van der Waals surface area contributed by atoms with Crippen LogP contribution in [-0.4, -0.2) is 13.1 Å². The summed E-state index contributed by atoms with van der Waals surface area (Å²) < 4.78 is 0. The summed E-state index contributed by atoms with van der Waals surface area (Å²) in [6, 6.07) is 9.24. The van der Waals surface area contributed by atoms with E-state index in [1.54, 1.807) is 5.56 Å². The summed E-state index contributed by atoms with van der Waals surface area (Å²) in [6.45, 7) is 12.0. The predicted molar refractivity (Wildman–Crippen MR) is 90.6 cm³/mol. The van der Waals surface area contributed by atoms with Gasteiger partial charge in [-0.05, 0) is 61.5 Å². The maximum Gasteiger partial charge on any atom is 0.00255 e. The first kappa shape index (κ1) is 15.1. The van der Waals surface area contributed by atoms with Crippen molar-refractivity contribution in [1.29, 1.82) is 0 Å². The third-order valence-electron chi connectivity index (χ3n) is 5.82. The molecule has 1 aliphatic heterocycles. The van der Waals surface area contributed by atoms with Crippen LogP contribution < -0.4 is 5.32 Å². The molecule has 1 saturated heterocycles. The molecule has 1 saturated carbocycles. The summed E-state index contributed by atoms with van der Waals surface area (Å²) in [6.07, 6.45) is 5.55. The first-order valence-electron chi connectivity index (χ1n) is 8.68. The number of piperidine rings is 1. The summed E-state index contributed by atoms with van der Waals surface area (Å²) in [5, 5.41) is 3.67. The molecular weight excluding hydrogens is 254 g/mol. The Hall–Kier alpha value is -0.820. The highest BCUT2D eigenvalue weighted by Crippen LogP contribution is 2.57. The van der Waals surface area contributed by atoms with Gasteiger partial charge in [-0.25, -0.2) is 0 Å². The van der Waals surface area contributed by atoms with E-state index in [4.69, 9.17) is 0 Å². The average molecular weight is 285 g/mol. The largest absolute Gasteiger partial charge is 0.316 e. The molecule has 1 spiro atoms. The third-order valence-corrected chi connectivity index (χ3v) is 5.82. The van der Waals surface area contributed by atoms with Crippen molar-refractivity contribution >= 4 is 0 Å². The van der Waals surface area contributed by atoms with Crippen molar-refractivity contribution in [2.24, 2.45) is 16.7 Å². The van der Waals surface area contributed by atoms with E-state index in [1.165, 1.54) is 37.8 Å². The lowest BCUT2D eigenvalue weighted by molar-refractivity contribution is 0.00501. The lowest BCUT2D eigenvalue weighted by Gasteiger charge is -2.54. The molecule has 1 aromatic rings. The molecular formula is C20H31N. The highest BCUT2D eigenvalue weighted by molar-refractivity contribution is 5.29. The molecule has 1 heterocycles. The maximum absolute atomic E-state index is 3.67. The van der Waals surface area contributed by atoms with E-state index < -0.39 is 0 Å². The molecule has 1 nitrogen and oxygen atoms in total. The van der Waals surface area contributed by atoms with E-state index >= 15 is 0 Å². The van der Waals surface area contributed by atoms with Crippen LogP contribution in [0.2, 0.25) is 0 Å². The number of aryl methyl sites for hydroxylation is 1. The van der Waals surface area contributed by atoms with Crippen LogP contribution in [0.4, 0.5) is 0 Å². The number of rotatable bonds is 1. The van der Waals surface area contributed by atoms with Gasteiger partial charge in [0.15, 0.2) is 0 Å². The summed E-state index contributed by atoms with van der Waals surface area (Å²) in [5.41, 5.74) is 3.97. The number of hydrogen-bond donors (Lipinski definition) is 1. The normalized spacial score (nSPS) is 35.8. The van der Waals surface area contributed by atoms with Crippen molar-refractivity contribution in [2.45, 2.75) is 59.3 Å². The third kappa shape index (κ3) is 3.04. The molecule has 1 heteroatoms. The van der Waals surface area contributed by atoms with Crippen LogP contribution >= 0.6 is 0 Å². The molecule has 1 N–H and O–H groups in total. The van der Waals surface area contributed by atoms with Crippen LogP contribution in [0, 0.1) is 23.7 Å². The lowest BCUT2D eigenvalue weighted by Crippen LogP contribution is -2.49. The second-order valence-electron chi connectivity index (χ2n) is 8.64. The van der Waals surface area contributed by atoms with Crippen LogP contribution in [-0.2, 0) is 0 Å². The summed E-state index contributed by atoms with van der Waals surface area (Å²) in [4.78, 5) is 0. The van der Waals surface area contributed by atoms with E-state index in [-0.39, 0.29) is 0 Å². The second kappa shape index (κ2) is 5.43. The van der Waals surface area contributed by atoms with Crippen molar-refractivity contribution in [3.05, 3.63) is 35.4 Å². The Morgan fingerprint density at radius 1 is 1.19 bits per heavy atom. The first-order chi connectivity index (χ1) is 9.90. The van der Waals surface area contributed by atoms with Gasteiger partial charge in [0, 0.05) is 12.5 Å². The van der Waals surface area contributed by atoms with E-state index in [0.717, 1.165) is 12.5 Å². The molecule has 116 valence electrons. The summed E-state index contributed by atoms with van der Waals surface area (Å²) >= 11 is 0. The number of hydrogen-bond acceptors (Lipinski definition) is 1. The van der Waals surface area contributed by atoms with Gasteiger partial charge in [0.2, 0.25) is 0 Å². The van der Waals surface area contributed by atoms with Crippen LogP contribution in [0.15, 0.2) is 24.3 Å². The molecule has 0 bridgehead atoms. The van der Waals surface area contributed by atoms with Gasteiger partial charge in [-0.3, -0.25) is 0 Å². The van der Waals surface area contributed by atoms with Crippen LogP contribution in [0.3, 0.4) is 0 Å². The molecule has 3 atom stereocenters. The Balaban J connectivity index is 1.97. The highest BCUT2D eigenvalue weighted by Gasteiger charge is 2.48. The quantitative estimate of drug-likeness (QED) is 0.773. The standard InChI is InChI=1S/C20H31N/c1-15-6-5-7-17(10-15)18-13-21-9-8-20(18)12-16(2)11-19(3,4)14-20/h5-7,10,16,18,21H,8-9,11-14H2,1-4H3. The minimum absolute atomic E-state index is 0.497. The summed E-state index contributed by atoms with van der Waals surface area (Å²) in [5.74, 6) is 1.55. The zero-order valence-corrected chi connectivity index (χ0v) is 14.2. The Morgan fingerprint density at radius 2 is 2.00 bits per heavy atom. The molecule has 1 aromatic carbocycles. The van der Waals surface area contributed by atoms with Crippen molar-refractivity contribution < 1.29 is 0 Å². The van der Waals surface area contributed by atoms with E-state index in [9.17, 15) is 0 Å². The number of nitrogens with one attached hydrogen (secondary N) is 1. The lowest BCUT2D eigenvalue weighted by atomic mass is 9.53. The second-order valence-corrected chi connectivity index (χ2v) is 8.64. The Kier molecular flexibility index (Phi) is 3.90. The monoisotopic (exact) mass is 285 g/mol. The molecule has 3 rings (SSSR count). The van der Waals surface area contributed by atoms with Gasteiger partial charge in [0.1, 0.15) is 0 Å². The van der Waals surface area contributed by atoms with Crippen molar-refractivity contribution in [3.63, 3.8) is 0 Å². The van der Waals surface area contributed by atoms with Crippen LogP contribution in [0.1, 0.15) is 63.5 Å². The molecule has 0 amide bonds. The van der Waals surface area contributed by atoms with Gasteiger partial charge < -0.3 is 5.32 Å². The average Bonchev–Trinajstić information content (AvgIpc) is 2.36. The van der Waals surface area contributed by atoms with Gasteiger partial charge >= 0.3 is 0 Å². The fourth-order valence-electron chi connectivity index (χ4n) is 5.60. The van der Waals surface area contributed by atoms with Crippen molar-refractivity contribution in [1.82, 2.24) is 5.32 Å². The van der Waals surface area contributed by atoms with E-state index in [0.29, 0.717) is 16.7 Å². The zero-order valence-electron chi connectivity index (χ0n) is 14.2. The van der Waals surface area contributed by atoms with Crippen molar-refractivity contribution in [3.8, 4) is 0 Å². The molecule has 2 aliphatic rings. The first-order valence-corrected chi connectivity index (χ1v) is 8.68. The Labute approximate surface area is 130 Å². The van der Waals surface area contributed by atoms with Gasteiger partial charge in [0.25, 0.3) is 0 Å². The molecule has 0 radical (unpaired) electrons. The van der Waals surface area contributed by atoms with Gasteiger partial charge in [-0.2, -0.15) is 0 Å². The molecule has 0 aromatic heterocycles. The molecule has 1 aliphatic carbocycles. The molecule has 3 unspecified atom stereocenters. The minimum atomic E-state index is 0.497. The fraction of sp³-hybridized carbons (Fsp3) is 0.700. The smallest absolute Gasteiger partial charge is 0.00255 e.